The molecule has 0 saturated carbocycles. The third-order valence-electron chi connectivity index (χ3n) is 5.63. The van der Waals surface area contributed by atoms with Crippen LogP contribution in [0.3, 0.4) is 0 Å². The minimum absolute atomic E-state index is 0.240. The minimum Gasteiger partial charge on any atom is -0.492 e. The van der Waals surface area contributed by atoms with Crippen molar-refractivity contribution in [2.75, 3.05) is 17.9 Å². The zero-order chi connectivity index (χ0) is 23.4. The van der Waals surface area contributed by atoms with E-state index in [4.69, 9.17) is 4.74 Å². The first-order valence-electron chi connectivity index (χ1n) is 11.1. The zero-order valence-electron chi connectivity index (χ0n) is 18.5. The first-order chi connectivity index (χ1) is 16.6. The van der Waals surface area contributed by atoms with Gasteiger partial charge in [0, 0.05) is 35.9 Å². The van der Waals surface area contributed by atoms with Gasteiger partial charge in [0.05, 0.1) is 4.90 Å². The van der Waals surface area contributed by atoms with Crippen LogP contribution in [0.4, 0.5) is 5.69 Å². The second-order valence-electron chi connectivity index (χ2n) is 8.04. The van der Waals surface area contributed by atoms with E-state index in [9.17, 15) is 8.42 Å². The fourth-order valence-electron chi connectivity index (χ4n) is 3.94. The van der Waals surface area contributed by atoms with Gasteiger partial charge in [-0.15, -0.1) is 0 Å². The van der Waals surface area contributed by atoms with Crippen LogP contribution in [-0.2, 0) is 16.6 Å². The Balaban J connectivity index is 1.17. The van der Waals surface area contributed by atoms with E-state index in [-0.39, 0.29) is 4.90 Å². The molecule has 0 aliphatic carbocycles. The number of fused-ring (bicyclic) bond motifs is 2. The predicted octanol–water partition coefficient (Wildman–Crippen LogP) is 5.29. The molecule has 1 heterocycles. The minimum atomic E-state index is -3.69. The van der Waals surface area contributed by atoms with Gasteiger partial charge in [-0.25, -0.2) is 8.42 Å². The maximum Gasteiger partial charge on any atom is 0.261 e. The molecule has 0 spiro atoms. The fraction of sp³-hybridized carbons (Fsp3) is 0.111. The summed E-state index contributed by atoms with van der Waals surface area (Å²) in [5.74, 6) is 0.852. The van der Waals surface area contributed by atoms with E-state index in [1.54, 1.807) is 18.2 Å². The number of sulfonamides is 1. The lowest BCUT2D eigenvalue weighted by Gasteiger charge is -2.11. The summed E-state index contributed by atoms with van der Waals surface area (Å²) in [6, 6.07) is 28.2. The lowest BCUT2D eigenvalue weighted by Crippen LogP contribution is -2.20. The summed E-state index contributed by atoms with van der Waals surface area (Å²) in [5, 5.41) is 6.30. The summed E-state index contributed by atoms with van der Waals surface area (Å²) < 4.78 is 34.4. The monoisotopic (exact) mass is 471 g/mol. The molecule has 0 amide bonds. The highest BCUT2D eigenvalue weighted by Crippen LogP contribution is 2.24. The van der Waals surface area contributed by atoms with Gasteiger partial charge in [-0.1, -0.05) is 48.5 Å². The molecule has 0 aliphatic heterocycles. The van der Waals surface area contributed by atoms with E-state index < -0.39 is 10.0 Å². The molecule has 5 rings (SSSR count). The van der Waals surface area contributed by atoms with Crippen molar-refractivity contribution < 1.29 is 13.2 Å². The molecule has 6 nitrogen and oxygen atoms in total. The molecule has 3 N–H and O–H groups in total. The number of aromatic nitrogens is 1. The van der Waals surface area contributed by atoms with Gasteiger partial charge < -0.3 is 15.0 Å². The van der Waals surface area contributed by atoms with Gasteiger partial charge in [0.25, 0.3) is 10.0 Å². The van der Waals surface area contributed by atoms with Crippen molar-refractivity contribution in [2.24, 2.45) is 0 Å². The average Bonchev–Trinajstić information content (AvgIpc) is 3.33. The molecule has 7 heteroatoms. The normalized spacial score (nSPS) is 11.6. The third-order valence-corrected chi connectivity index (χ3v) is 7.01. The molecule has 0 unspecified atom stereocenters. The van der Waals surface area contributed by atoms with Crippen LogP contribution in [0.25, 0.3) is 21.7 Å². The highest BCUT2D eigenvalue weighted by atomic mass is 32.2. The van der Waals surface area contributed by atoms with E-state index in [2.05, 4.69) is 15.0 Å². The fourth-order valence-corrected chi connectivity index (χ4v) is 5.03. The molecular formula is C27H25N3O3S. The molecule has 5 aromatic rings. The highest BCUT2D eigenvalue weighted by molar-refractivity contribution is 7.92. The van der Waals surface area contributed by atoms with Gasteiger partial charge in [-0.3, -0.25) is 4.72 Å². The van der Waals surface area contributed by atoms with Crippen LogP contribution in [0.1, 0.15) is 5.56 Å². The molecule has 4 aromatic carbocycles. The molecule has 0 radical (unpaired) electrons. The van der Waals surface area contributed by atoms with Crippen LogP contribution in [0, 0.1) is 0 Å². The molecule has 0 atom stereocenters. The second-order valence-corrected chi connectivity index (χ2v) is 9.72. The highest BCUT2D eigenvalue weighted by Gasteiger charge is 2.15. The molecule has 0 aliphatic rings. The van der Waals surface area contributed by atoms with Crippen molar-refractivity contribution in [3.63, 3.8) is 0 Å². The van der Waals surface area contributed by atoms with Gasteiger partial charge in [0.15, 0.2) is 0 Å². The Morgan fingerprint density at radius 1 is 0.824 bits per heavy atom. The summed E-state index contributed by atoms with van der Waals surface area (Å²) in [7, 11) is -3.69. The van der Waals surface area contributed by atoms with E-state index in [0.29, 0.717) is 25.4 Å². The molecule has 0 fully saturated rings. The van der Waals surface area contributed by atoms with Gasteiger partial charge in [0.2, 0.25) is 0 Å². The third kappa shape index (κ3) is 4.90. The van der Waals surface area contributed by atoms with Crippen molar-refractivity contribution in [3.8, 4) is 5.75 Å². The number of rotatable bonds is 9. The number of hydrogen-bond donors (Lipinski definition) is 3. The SMILES string of the molecule is O=S(=O)(Nc1cccc(CNCCOc2cccc3[nH]ccc23)c1)c1ccc2ccccc2c1. The Hall–Kier alpha value is -3.81. The first-order valence-corrected chi connectivity index (χ1v) is 12.6. The number of nitrogens with one attached hydrogen (secondary N) is 3. The summed E-state index contributed by atoms with van der Waals surface area (Å²) in [6.07, 6.45) is 1.90. The Morgan fingerprint density at radius 3 is 2.59 bits per heavy atom. The molecular weight excluding hydrogens is 446 g/mol. The maximum atomic E-state index is 12.9. The Labute approximate surface area is 198 Å². The van der Waals surface area contributed by atoms with Gasteiger partial charge in [-0.05, 0) is 58.8 Å². The molecule has 0 saturated heterocycles. The van der Waals surface area contributed by atoms with Gasteiger partial charge >= 0.3 is 0 Å². The molecule has 34 heavy (non-hydrogen) atoms. The molecule has 172 valence electrons. The lowest BCUT2D eigenvalue weighted by molar-refractivity contribution is 0.317. The first kappa shape index (κ1) is 22.0. The second kappa shape index (κ2) is 9.59. The Kier molecular flexibility index (Phi) is 6.20. The van der Waals surface area contributed by atoms with Crippen LogP contribution in [0.5, 0.6) is 5.75 Å². The van der Waals surface area contributed by atoms with Crippen LogP contribution in [-0.4, -0.2) is 26.6 Å². The van der Waals surface area contributed by atoms with Gasteiger partial charge in [-0.2, -0.15) is 0 Å². The lowest BCUT2D eigenvalue weighted by atomic mass is 10.1. The number of benzene rings is 4. The van der Waals surface area contributed by atoms with E-state index in [1.807, 2.05) is 79.0 Å². The van der Waals surface area contributed by atoms with Crippen LogP contribution < -0.4 is 14.8 Å². The smallest absolute Gasteiger partial charge is 0.261 e. The van der Waals surface area contributed by atoms with E-state index in [1.165, 1.54) is 0 Å². The number of aromatic amines is 1. The van der Waals surface area contributed by atoms with Crippen molar-refractivity contribution in [1.82, 2.24) is 10.3 Å². The number of anilines is 1. The van der Waals surface area contributed by atoms with Crippen LogP contribution in [0.15, 0.2) is 102 Å². The van der Waals surface area contributed by atoms with E-state index >= 15 is 0 Å². The summed E-state index contributed by atoms with van der Waals surface area (Å²) in [4.78, 5) is 3.42. The molecule has 1 aromatic heterocycles. The summed E-state index contributed by atoms with van der Waals surface area (Å²) >= 11 is 0. The van der Waals surface area contributed by atoms with E-state index in [0.717, 1.165) is 33.0 Å². The van der Waals surface area contributed by atoms with Gasteiger partial charge in [0.1, 0.15) is 12.4 Å². The topological polar surface area (TPSA) is 83.2 Å². The predicted molar refractivity (Wildman–Crippen MR) is 137 cm³/mol. The van der Waals surface area contributed by atoms with Crippen LogP contribution >= 0.6 is 0 Å². The molecule has 0 bridgehead atoms. The average molecular weight is 472 g/mol. The number of ether oxygens (including phenoxy) is 1. The largest absolute Gasteiger partial charge is 0.492 e. The zero-order valence-corrected chi connectivity index (χ0v) is 19.3. The summed E-state index contributed by atoms with van der Waals surface area (Å²) in [5.41, 5.74) is 2.56. The Morgan fingerprint density at radius 2 is 1.68 bits per heavy atom. The standard InChI is InChI=1S/C27H25N3O3S/c31-34(32,24-12-11-21-6-1-2-7-22(21)18-24)30-23-8-3-5-20(17-23)19-28-15-16-33-27-10-4-9-26-25(27)13-14-29-26/h1-14,17-18,28-30H,15-16,19H2. The van der Waals surface area contributed by atoms with Crippen LogP contribution in [0.2, 0.25) is 0 Å². The van der Waals surface area contributed by atoms with Crippen molar-refractivity contribution in [2.45, 2.75) is 11.4 Å². The maximum absolute atomic E-state index is 12.9. The number of H-pyrrole nitrogens is 1. The Bertz CT molecular complexity index is 1540. The van der Waals surface area contributed by atoms with Crippen molar-refractivity contribution >= 4 is 37.4 Å². The summed E-state index contributed by atoms with van der Waals surface area (Å²) in [6.45, 7) is 1.79. The quantitative estimate of drug-likeness (QED) is 0.255. The number of hydrogen-bond acceptors (Lipinski definition) is 4. The van der Waals surface area contributed by atoms with Crippen molar-refractivity contribution in [1.29, 1.82) is 0 Å². The van der Waals surface area contributed by atoms with Crippen molar-refractivity contribution in [3.05, 3.63) is 103 Å².